The Kier molecular flexibility index (Phi) is 4.93. The van der Waals surface area contributed by atoms with Gasteiger partial charge in [0, 0.05) is 12.6 Å². The SMILES string of the molecule is Cc1ccc(Cn2c(NN=Cc3ccccc3O)nc3c2c(=O)[nH]c(=O)n3C)cc1. The number of nitrogens with one attached hydrogen (secondary N) is 2. The van der Waals surface area contributed by atoms with Crippen LogP contribution in [0.3, 0.4) is 0 Å². The first-order valence-electron chi connectivity index (χ1n) is 9.26. The van der Waals surface area contributed by atoms with Crippen molar-refractivity contribution in [3.63, 3.8) is 0 Å². The molecule has 0 aliphatic heterocycles. The zero-order valence-corrected chi connectivity index (χ0v) is 16.5. The number of hydrogen-bond acceptors (Lipinski definition) is 6. The van der Waals surface area contributed by atoms with Crippen molar-refractivity contribution in [3.8, 4) is 5.75 Å². The van der Waals surface area contributed by atoms with Gasteiger partial charge >= 0.3 is 5.69 Å². The predicted molar refractivity (Wildman–Crippen MR) is 115 cm³/mol. The smallest absolute Gasteiger partial charge is 0.329 e. The maximum absolute atomic E-state index is 12.5. The Balaban J connectivity index is 1.79. The van der Waals surface area contributed by atoms with E-state index in [2.05, 4.69) is 20.5 Å². The van der Waals surface area contributed by atoms with Gasteiger partial charge in [0.15, 0.2) is 11.2 Å². The number of benzene rings is 2. The molecule has 3 N–H and O–H groups in total. The molecule has 9 nitrogen and oxygen atoms in total. The molecule has 0 spiro atoms. The standard InChI is InChI=1S/C21H20N6O3/c1-13-7-9-14(10-8-13)12-27-17-18(26(2)21(30)24-19(17)29)23-20(27)25-22-11-15-5-3-4-6-16(15)28/h3-11,28H,12H2,1-2H3,(H,23,25)(H,24,29,30). The molecule has 2 aromatic heterocycles. The summed E-state index contributed by atoms with van der Waals surface area (Å²) in [5, 5.41) is 14.0. The lowest BCUT2D eigenvalue weighted by molar-refractivity contribution is 0.474. The number of anilines is 1. The fourth-order valence-electron chi connectivity index (χ4n) is 3.11. The Morgan fingerprint density at radius 2 is 1.90 bits per heavy atom. The molecule has 4 rings (SSSR count). The highest BCUT2D eigenvalue weighted by Crippen LogP contribution is 2.18. The molecule has 4 aromatic rings. The summed E-state index contributed by atoms with van der Waals surface area (Å²) in [6.45, 7) is 2.35. The molecule has 0 radical (unpaired) electrons. The molecule has 152 valence electrons. The average Bonchev–Trinajstić information content (AvgIpc) is 3.08. The second-order valence-electron chi connectivity index (χ2n) is 6.93. The van der Waals surface area contributed by atoms with Gasteiger partial charge in [0.05, 0.1) is 12.8 Å². The van der Waals surface area contributed by atoms with E-state index in [-0.39, 0.29) is 16.9 Å². The number of hydrazone groups is 1. The zero-order valence-electron chi connectivity index (χ0n) is 16.5. The van der Waals surface area contributed by atoms with Crippen LogP contribution in [-0.2, 0) is 13.6 Å². The summed E-state index contributed by atoms with van der Waals surface area (Å²) in [4.78, 5) is 31.3. The Hall–Kier alpha value is -4.14. The average molecular weight is 404 g/mol. The van der Waals surface area contributed by atoms with Crippen LogP contribution in [0.25, 0.3) is 11.2 Å². The van der Waals surface area contributed by atoms with Crippen molar-refractivity contribution >= 4 is 23.3 Å². The highest BCUT2D eigenvalue weighted by atomic mass is 16.3. The molecule has 0 aliphatic rings. The van der Waals surface area contributed by atoms with E-state index in [1.54, 1.807) is 35.9 Å². The molecule has 0 saturated heterocycles. The Bertz CT molecular complexity index is 1360. The molecule has 2 aromatic carbocycles. The summed E-state index contributed by atoms with van der Waals surface area (Å²) < 4.78 is 2.95. The molecule has 2 heterocycles. The number of imidazole rings is 1. The highest BCUT2D eigenvalue weighted by Gasteiger charge is 2.17. The lowest BCUT2D eigenvalue weighted by atomic mass is 10.1. The van der Waals surface area contributed by atoms with Gasteiger partial charge in [-0.3, -0.25) is 18.9 Å². The van der Waals surface area contributed by atoms with E-state index < -0.39 is 11.2 Å². The lowest BCUT2D eigenvalue weighted by Crippen LogP contribution is -2.29. The number of hydrogen-bond donors (Lipinski definition) is 3. The third-order valence-electron chi connectivity index (χ3n) is 4.77. The first kappa shape index (κ1) is 19.2. The van der Waals surface area contributed by atoms with E-state index in [0.29, 0.717) is 18.1 Å². The van der Waals surface area contributed by atoms with Crippen LogP contribution >= 0.6 is 0 Å². The van der Waals surface area contributed by atoms with Gasteiger partial charge in [0.1, 0.15) is 5.75 Å². The summed E-state index contributed by atoms with van der Waals surface area (Å²) in [7, 11) is 1.54. The van der Waals surface area contributed by atoms with Gasteiger partial charge in [-0.05, 0) is 24.6 Å². The van der Waals surface area contributed by atoms with Crippen LogP contribution in [0.5, 0.6) is 5.75 Å². The van der Waals surface area contributed by atoms with E-state index in [0.717, 1.165) is 11.1 Å². The second-order valence-corrected chi connectivity index (χ2v) is 6.93. The number of rotatable bonds is 5. The van der Waals surface area contributed by atoms with Crippen LogP contribution in [0.4, 0.5) is 5.95 Å². The van der Waals surface area contributed by atoms with Crippen molar-refractivity contribution in [2.75, 3.05) is 5.43 Å². The fourth-order valence-corrected chi connectivity index (χ4v) is 3.11. The third-order valence-corrected chi connectivity index (χ3v) is 4.77. The number of phenols is 1. The molecule has 0 aliphatic carbocycles. The number of aromatic nitrogens is 4. The molecule has 0 atom stereocenters. The number of phenolic OH excluding ortho intramolecular Hbond substituents is 1. The van der Waals surface area contributed by atoms with E-state index in [9.17, 15) is 14.7 Å². The lowest BCUT2D eigenvalue weighted by Gasteiger charge is -2.08. The molecule has 9 heteroatoms. The van der Waals surface area contributed by atoms with Crippen LogP contribution in [0.2, 0.25) is 0 Å². The zero-order chi connectivity index (χ0) is 21.3. The summed E-state index contributed by atoms with van der Waals surface area (Å²) >= 11 is 0. The minimum absolute atomic E-state index is 0.0926. The van der Waals surface area contributed by atoms with Gasteiger partial charge in [-0.1, -0.05) is 42.0 Å². The topological polar surface area (TPSA) is 117 Å². The van der Waals surface area contributed by atoms with Crippen LogP contribution in [0.15, 0.2) is 63.2 Å². The van der Waals surface area contributed by atoms with Gasteiger partial charge in [0.2, 0.25) is 5.95 Å². The largest absolute Gasteiger partial charge is 0.507 e. The van der Waals surface area contributed by atoms with Gasteiger partial charge in [-0.2, -0.15) is 10.1 Å². The maximum Gasteiger partial charge on any atom is 0.329 e. The predicted octanol–water partition coefficient (Wildman–Crippen LogP) is 1.93. The van der Waals surface area contributed by atoms with E-state index in [1.807, 2.05) is 31.2 Å². The number of aryl methyl sites for hydroxylation is 2. The molecule has 0 unspecified atom stereocenters. The molecule has 30 heavy (non-hydrogen) atoms. The number of fused-ring (bicyclic) bond motifs is 1. The van der Waals surface area contributed by atoms with Crippen LogP contribution in [0, 0.1) is 6.92 Å². The van der Waals surface area contributed by atoms with Crippen LogP contribution in [-0.4, -0.2) is 30.4 Å². The van der Waals surface area contributed by atoms with Crippen molar-refractivity contribution in [1.82, 2.24) is 19.1 Å². The maximum atomic E-state index is 12.5. The molecular weight excluding hydrogens is 384 g/mol. The van der Waals surface area contributed by atoms with Crippen LogP contribution in [0.1, 0.15) is 16.7 Å². The van der Waals surface area contributed by atoms with E-state index in [1.165, 1.54) is 10.8 Å². The number of nitrogens with zero attached hydrogens (tertiary/aromatic N) is 4. The number of aromatic hydroxyl groups is 1. The normalized spacial score (nSPS) is 11.4. The van der Waals surface area contributed by atoms with Crippen molar-refractivity contribution in [2.45, 2.75) is 13.5 Å². The van der Waals surface area contributed by atoms with Crippen LogP contribution < -0.4 is 16.7 Å². The number of para-hydroxylation sites is 1. The molecule has 0 bridgehead atoms. The molecular formula is C21H20N6O3. The minimum Gasteiger partial charge on any atom is -0.507 e. The monoisotopic (exact) mass is 404 g/mol. The first-order valence-corrected chi connectivity index (χ1v) is 9.26. The van der Waals surface area contributed by atoms with Crippen molar-refractivity contribution in [3.05, 3.63) is 86.1 Å². The second kappa shape index (κ2) is 7.70. The number of aromatic amines is 1. The first-order chi connectivity index (χ1) is 14.4. The van der Waals surface area contributed by atoms with Gasteiger partial charge in [-0.15, -0.1) is 0 Å². The summed E-state index contributed by atoms with van der Waals surface area (Å²) in [5.41, 5.74) is 4.88. The fraction of sp³-hybridized carbons (Fsp3) is 0.143. The van der Waals surface area contributed by atoms with E-state index in [4.69, 9.17) is 0 Å². The van der Waals surface area contributed by atoms with Crippen molar-refractivity contribution in [1.29, 1.82) is 0 Å². The van der Waals surface area contributed by atoms with Crippen molar-refractivity contribution in [2.24, 2.45) is 12.1 Å². The summed E-state index contributed by atoms with van der Waals surface area (Å²) in [5.74, 6) is 0.388. The third kappa shape index (κ3) is 3.60. The van der Waals surface area contributed by atoms with Gasteiger partial charge < -0.3 is 5.11 Å². The molecule has 0 fully saturated rings. The molecule has 0 saturated carbocycles. The number of H-pyrrole nitrogens is 1. The van der Waals surface area contributed by atoms with Crippen molar-refractivity contribution < 1.29 is 5.11 Å². The minimum atomic E-state index is -0.545. The Labute approximate surface area is 171 Å². The Morgan fingerprint density at radius 3 is 2.63 bits per heavy atom. The Morgan fingerprint density at radius 1 is 1.17 bits per heavy atom. The summed E-state index contributed by atoms with van der Waals surface area (Å²) in [6, 6.07) is 14.7. The highest BCUT2D eigenvalue weighted by molar-refractivity contribution is 5.83. The van der Waals surface area contributed by atoms with E-state index >= 15 is 0 Å². The van der Waals surface area contributed by atoms with Gasteiger partial charge in [0.25, 0.3) is 5.56 Å². The quantitative estimate of drug-likeness (QED) is 0.347. The molecule has 0 amide bonds. The van der Waals surface area contributed by atoms with Gasteiger partial charge in [-0.25, -0.2) is 10.2 Å². The summed E-state index contributed by atoms with van der Waals surface area (Å²) in [6.07, 6.45) is 1.45.